The monoisotopic (exact) mass is 410 g/mol. The molecule has 0 unspecified atom stereocenters. The molecule has 7 heteroatoms. The van der Waals surface area contributed by atoms with E-state index in [2.05, 4.69) is 11.1 Å². The second kappa shape index (κ2) is 10.0. The molecule has 0 aliphatic heterocycles. The molecule has 0 aliphatic carbocycles. The molecule has 6 nitrogen and oxygen atoms in total. The minimum Gasteiger partial charge on any atom is -0.462 e. The molecule has 1 amide bonds. The summed E-state index contributed by atoms with van der Waals surface area (Å²) in [5.41, 5.74) is 3.18. The Balaban J connectivity index is 1.67. The average molecular weight is 410 g/mol. The van der Waals surface area contributed by atoms with E-state index in [-0.39, 0.29) is 0 Å². The molecule has 1 N–H and O–H groups in total. The molecule has 29 heavy (non-hydrogen) atoms. The lowest BCUT2D eigenvalue weighted by Crippen LogP contribution is -2.25. The van der Waals surface area contributed by atoms with Crippen LogP contribution in [0, 0.1) is 0 Å². The van der Waals surface area contributed by atoms with Crippen molar-refractivity contribution in [3.8, 4) is 0 Å². The number of aromatic nitrogens is 1. The van der Waals surface area contributed by atoms with Crippen LogP contribution >= 0.6 is 11.8 Å². The van der Waals surface area contributed by atoms with E-state index in [4.69, 9.17) is 4.74 Å². The van der Waals surface area contributed by atoms with Crippen LogP contribution in [0.3, 0.4) is 0 Å². The van der Waals surface area contributed by atoms with Gasteiger partial charge in [0, 0.05) is 23.1 Å². The van der Waals surface area contributed by atoms with Gasteiger partial charge in [0.15, 0.2) is 0 Å². The molecule has 3 rings (SSSR count). The number of hydroxylamine groups is 2. The number of hydrogen-bond donors (Lipinski definition) is 1. The molecule has 0 fully saturated rings. The van der Waals surface area contributed by atoms with E-state index in [0.717, 1.165) is 22.0 Å². The Bertz CT molecular complexity index is 978. The molecule has 0 aliphatic rings. The summed E-state index contributed by atoms with van der Waals surface area (Å²) in [5, 5.41) is 11.8. The van der Waals surface area contributed by atoms with Gasteiger partial charge < -0.3 is 4.74 Å². The van der Waals surface area contributed by atoms with Gasteiger partial charge in [0.05, 0.1) is 23.7 Å². The van der Waals surface area contributed by atoms with Crippen molar-refractivity contribution in [2.24, 2.45) is 0 Å². The maximum absolute atomic E-state index is 11.8. The number of rotatable bonds is 9. The summed E-state index contributed by atoms with van der Waals surface area (Å²) in [5.74, 6) is 0.785. The van der Waals surface area contributed by atoms with Crippen molar-refractivity contribution < 1.29 is 19.5 Å². The van der Waals surface area contributed by atoms with Gasteiger partial charge in [0.2, 0.25) is 6.41 Å². The minimum atomic E-state index is -0.526. The normalized spacial score (nSPS) is 11.8. The molecular formula is C22H22N2O4S. The number of para-hydroxylation sites is 1. The van der Waals surface area contributed by atoms with Gasteiger partial charge in [-0.2, -0.15) is 11.8 Å². The lowest BCUT2D eigenvalue weighted by molar-refractivity contribution is -0.158. The predicted molar refractivity (Wildman–Crippen MR) is 113 cm³/mol. The zero-order valence-corrected chi connectivity index (χ0v) is 16.8. The molecule has 3 aromatic rings. The first-order valence-corrected chi connectivity index (χ1v) is 10.4. The molecule has 1 heterocycles. The number of ether oxygens (including phenoxy) is 1. The average Bonchev–Trinajstić information content (AvgIpc) is 2.76. The number of carbonyl (C=O) groups is 2. The molecular weight excluding hydrogens is 388 g/mol. The lowest BCUT2D eigenvalue weighted by Gasteiger charge is -2.23. The van der Waals surface area contributed by atoms with Crippen molar-refractivity contribution in [3.05, 3.63) is 77.5 Å². The van der Waals surface area contributed by atoms with E-state index >= 15 is 0 Å². The van der Waals surface area contributed by atoms with E-state index in [0.29, 0.717) is 35.1 Å². The van der Waals surface area contributed by atoms with Crippen LogP contribution in [0.15, 0.2) is 60.8 Å². The summed E-state index contributed by atoms with van der Waals surface area (Å²) >= 11 is 1.59. The first-order valence-electron chi connectivity index (χ1n) is 9.23. The molecule has 1 aromatic heterocycles. The van der Waals surface area contributed by atoms with Crippen LogP contribution in [0.2, 0.25) is 0 Å². The first-order chi connectivity index (χ1) is 14.1. The van der Waals surface area contributed by atoms with Gasteiger partial charge in [-0.25, -0.2) is 9.86 Å². The van der Waals surface area contributed by atoms with Crippen LogP contribution in [0.4, 0.5) is 0 Å². The Hall–Kier alpha value is -2.90. The number of thioether (sulfide) groups is 1. The highest BCUT2D eigenvalue weighted by atomic mass is 32.2. The number of carbonyl (C=O) groups excluding carboxylic acids is 2. The summed E-state index contributed by atoms with van der Waals surface area (Å²) in [6, 6.07) is 16.2. The van der Waals surface area contributed by atoms with Crippen LogP contribution in [0.1, 0.15) is 34.5 Å². The van der Waals surface area contributed by atoms with Gasteiger partial charge >= 0.3 is 5.97 Å². The maximum atomic E-state index is 11.8. The fourth-order valence-electron chi connectivity index (χ4n) is 2.94. The molecule has 2 aromatic carbocycles. The van der Waals surface area contributed by atoms with E-state index in [1.54, 1.807) is 43.0 Å². The zero-order chi connectivity index (χ0) is 20.6. The summed E-state index contributed by atoms with van der Waals surface area (Å²) in [6.45, 7) is 2.05. The molecule has 1 atom stereocenters. The van der Waals surface area contributed by atoms with E-state index < -0.39 is 12.0 Å². The molecule has 0 spiro atoms. The van der Waals surface area contributed by atoms with Crippen LogP contribution < -0.4 is 0 Å². The fraction of sp³-hybridized carbons (Fsp3) is 0.227. The molecule has 0 bridgehead atoms. The van der Waals surface area contributed by atoms with E-state index in [9.17, 15) is 14.8 Å². The van der Waals surface area contributed by atoms with Crippen LogP contribution in [-0.4, -0.2) is 40.0 Å². The highest BCUT2D eigenvalue weighted by molar-refractivity contribution is 7.98. The molecule has 0 saturated carbocycles. The Morgan fingerprint density at radius 1 is 1.24 bits per heavy atom. The Labute approximate surface area is 173 Å². The standard InChI is InChI=1S/C22H22N2O4S/c1-2-28-22(26)18-9-7-17(8-10-18)21(24(27)15-25)14-29-13-16-11-19-5-3-4-6-20(19)23-12-16/h3-12,15,21,27H,2,13-14H2,1H3/t21-/m1/s1. The van der Waals surface area contributed by atoms with Crippen LogP contribution in [0.5, 0.6) is 0 Å². The first kappa shape index (κ1) is 20.8. The van der Waals surface area contributed by atoms with Gasteiger partial charge in [-0.3, -0.25) is 15.0 Å². The third kappa shape index (κ3) is 5.34. The highest BCUT2D eigenvalue weighted by Crippen LogP contribution is 2.26. The van der Waals surface area contributed by atoms with Crippen molar-refractivity contribution in [3.63, 3.8) is 0 Å². The number of pyridine rings is 1. The van der Waals surface area contributed by atoms with E-state index in [1.165, 1.54) is 0 Å². The summed E-state index contributed by atoms with van der Waals surface area (Å²) in [4.78, 5) is 27.4. The topological polar surface area (TPSA) is 79.7 Å². The number of amides is 1. The summed E-state index contributed by atoms with van der Waals surface area (Å²) in [7, 11) is 0. The second-order valence-electron chi connectivity index (χ2n) is 6.40. The Morgan fingerprint density at radius 3 is 2.72 bits per heavy atom. The third-order valence-corrected chi connectivity index (χ3v) is 5.51. The number of esters is 1. The van der Waals surface area contributed by atoms with E-state index in [1.807, 2.05) is 30.5 Å². The summed E-state index contributed by atoms with van der Waals surface area (Å²) < 4.78 is 4.98. The smallest absolute Gasteiger partial charge is 0.338 e. The van der Waals surface area contributed by atoms with Crippen molar-refractivity contribution in [2.75, 3.05) is 12.4 Å². The molecule has 0 saturated heterocycles. The van der Waals surface area contributed by atoms with Crippen molar-refractivity contribution >= 4 is 35.0 Å². The van der Waals surface area contributed by atoms with Crippen molar-refractivity contribution in [1.82, 2.24) is 10.0 Å². The van der Waals surface area contributed by atoms with Crippen LogP contribution in [0.25, 0.3) is 10.9 Å². The second-order valence-corrected chi connectivity index (χ2v) is 7.43. The highest BCUT2D eigenvalue weighted by Gasteiger charge is 2.19. The lowest BCUT2D eigenvalue weighted by atomic mass is 10.1. The maximum Gasteiger partial charge on any atom is 0.338 e. The number of hydrogen-bond acceptors (Lipinski definition) is 6. The molecule has 0 radical (unpaired) electrons. The zero-order valence-electron chi connectivity index (χ0n) is 16.0. The Kier molecular flexibility index (Phi) is 7.21. The largest absolute Gasteiger partial charge is 0.462 e. The fourth-order valence-corrected chi connectivity index (χ4v) is 4.02. The van der Waals surface area contributed by atoms with Crippen molar-refractivity contribution in [1.29, 1.82) is 0 Å². The number of benzene rings is 2. The van der Waals surface area contributed by atoms with Gasteiger partial charge in [-0.05, 0) is 42.3 Å². The number of nitrogens with zero attached hydrogens (tertiary/aromatic N) is 2. The quantitative estimate of drug-likeness (QED) is 0.246. The third-order valence-electron chi connectivity index (χ3n) is 4.43. The molecule has 150 valence electrons. The van der Waals surface area contributed by atoms with Crippen LogP contribution in [-0.2, 0) is 15.3 Å². The van der Waals surface area contributed by atoms with Gasteiger partial charge in [0.25, 0.3) is 0 Å². The van der Waals surface area contributed by atoms with Gasteiger partial charge in [0.1, 0.15) is 0 Å². The SMILES string of the molecule is CCOC(=O)c1ccc([C@@H](CSCc2cnc3ccccc3c2)N(O)C=O)cc1. The van der Waals surface area contributed by atoms with Crippen molar-refractivity contribution in [2.45, 2.75) is 18.7 Å². The number of fused-ring (bicyclic) bond motifs is 1. The summed E-state index contributed by atoms with van der Waals surface area (Å²) in [6.07, 6.45) is 2.23. The van der Waals surface area contributed by atoms with Gasteiger partial charge in [-0.1, -0.05) is 30.3 Å². The minimum absolute atomic E-state index is 0.305. The van der Waals surface area contributed by atoms with Gasteiger partial charge in [-0.15, -0.1) is 0 Å². The Morgan fingerprint density at radius 2 is 2.00 bits per heavy atom. The predicted octanol–water partition coefficient (Wildman–Crippen LogP) is 4.23.